The van der Waals surface area contributed by atoms with Crippen LogP contribution in [0, 0.1) is 11.6 Å². The van der Waals surface area contributed by atoms with E-state index in [0.29, 0.717) is 18.7 Å². The first kappa shape index (κ1) is 13.1. The minimum Gasteiger partial charge on any atom is -0.309 e. The summed E-state index contributed by atoms with van der Waals surface area (Å²) in [5.41, 5.74) is 1.73. The van der Waals surface area contributed by atoms with Crippen LogP contribution < -0.4 is 5.32 Å². The van der Waals surface area contributed by atoms with Gasteiger partial charge in [0.2, 0.25) is 0 Å². The van der Waals surface area contributed by atoms with E-state index in [2.05, 4.69) is 26.2 Å². The molecular formula is C13H11BrF2N2. The lowest BCUT2D eigenvalue weighted by molar-refractivity contribution is 0.506. The summed E-state index contributed by atoms with van der Waals surface area (Å²) in [5, 5.41) is 3.14. The maximum Gasteiger partial charge on any atom is 0.159 e. The first-order valence-electron chi connectivity index (χ1n) is 5.39. The van der Waals surface area contributed by atoms with Gasteiger partial charge in [-0.25, -0.2) is 8.78 Å². The fraction of sp³-hybridized carbons (Fsp3) is 0.154. The van der Waals surface area contributed by atoms with Crippen molar-refractivity contribution in [3.63, 3.8) is 0 Å². The zero-order valence-corrected chi connectivity index (χ0v) is 11.0. The van der Waals surface area contributed by atoms with Gasteiger partial charge in [-0.05, 0) is 45.3 Å². The fourth-order valence-electron chi connectivity index (χ4n) is 1.55. The molecule has 2 rings (SSSR count). The zero-order valence-electron chi connectivity index (χ0n) is 9.46. The first-order chi connectivity index (χ1) is 8.65. The van der Waals surface area contributed by atoms with Crippen LogP contribution >= 0.6 is 15.9 Å². The van der Waals surface area contributed by atoms with Gasteiger partial charge < -0.3 is 5.32 Å². The van der Waals surface area contributed by atoms with Gasteiger partial charge in [-0.15, -0.1) is 0 Å². The second kappa shape index (κ2) is 6.02. The highest BCUT2D eigenvalue weighted by Gasteiger charge is 2.02. The number of nitrogens with one attached hydrogen (secondary N) is 1. The number of rotatable bonds is 4. The molecule has 1 aromatic heterocycles. The first-order valence-corrected chi connectivity index (χ1v) is 6.18. The largest absolute Gasteiger partial charge is 0.309 e. The van der Waals surface area contributed by atoms with Crippen molar-refractivity contribution in [3.8, 4) is 0 Å². The van der Waals surface area contributed by atoms with Crippen LogP contribution in [0.4, 0.5) is 8.78 Å². The summed E-state index contributed by atoms with van der Waals surface area (Å²) >= 11 is 3.33. The van der Waals surface area contributed by atoms with Crippen molar-refractivity contribution in [3.05, 3.63) is 63.9 Å². The van der Waals surface area contributed by atoms with Crippen LogP contribution in [-0.2, 0) is 13.1 Å². The Kier molecular flexibility index (Phi) is 4.38. The van der Waals surface area contributed by atoms with Crippen molar-refractivity contribution in [2.45, 2.75) is 13.1 Å². The standard InChI is InChI=1S/C13H11BrF2N2/c14-11-3-10(7-18-8-11)6-17-5-9-1-2-12(15)13(16)4-9/h1-4,7-8,17H,5-6H2. The second-order valence-electron chi connectivity index (χ2n) is 3.86. The number of pyridine rings is 1. The molecule has 1 N–H and O–H groups in total. The van der Waals surface area contributed by atoms with Crippen molar-refractivity contribution in [2.24, 2.45) is 0 Å². The average Bonchev–Trinajstić information content (AvgIpc) is 2.34. The van der Waals surface area contributed by atoms with E-state index in [1.165, 1.54) is 6.07 Å². The molecule has 2 aromatic rings. The minimum absolute atomic E-state index is 0.476. The lowest BCUT2D eigenvalue weighted by Gasteiger charge is -2.05. The normalized spacial score (nSPS) is 10.6. The lowest BCUT2D eigenvalue weighted by atomic mass is 10.2. The summed E-state index contributed by atoms with van der Waals surface area (Å²) in [6, 6.07) is 5.84. The molecule has 0 aliphatic rings. The number of nitrogens with zero attached hydrogens (tertiary/aromatic N) is 1. The fourth-order valence-corrected chi connectivity index (χ4v) is 1.97. The molecular weight excluding hydrogens is 302 g/mol. The quantitative estimate of drug-likeness (QED) is 0.936. The maximum atomic E-state index is 13.0. The summed E-state index contributed by atoms with van der Waals surface area (Å²) in [6.45, 7) is 1.09. The van der Waals surface area contributed by atoms with Gasteiger partial charge in [0.15, 0.2) is 11.6 Å². The second-order valence-corrected chi connectivity index (χ2v) is 4.78. The topological polar surface area (TPSA) is 24.9 Å². The lowest BCUT2D eigenvalue weighted by Crippen LogP contribution is -2.13. The van der Waals surface area contributed by atoms with Crippen LogP contribution in [0.1, 0.15) is 11.1 Å². The van der Waals surface area contributed by atoms with Gasteiger partial charge in [0.1, 0.15) is 0 Å². The Morgan fingerprint density at radius 2 is 1.78 bits per heavy atom. The number of halogens is 3. The Morgan fingerprint density at radius 3 is 2.50 bits per heavy atom. The molecule has 5 heteroatoms. The molecule has 2 nitrogen and oxygen atoms in total. The van der Waals surface area contributed by atoms with Crippen LogP contribution in [-0.4, -0.2) is 4.98 Å². The molecule has 0 saturated heterocycles. The van der Waals surface area contributed by atoms with E-state index >= 15 is 0 Å². The average molecular weight is 313 g/mol. The van der Waals surface area contributed by atoms with Gasteiger partial charge in [0, 0.05) is 30.0 Å². The van der Waals surface area contributed by atoms with E-state index < -0.39 is 11.6 Å². The highest BCUT2D eigenvalue weighted by molar-refractivity contribution is 9.10. The molecule has 0 atom stereocenters. The summed E-state index contributed by atoms with van der Waals surface area (Å²) in [6.07, 6.45) is 3.46. The van der Waals surface area contributed by atoms with E-state index in [9.17, 15) is 8.78 Å². The van der Waals surface area contributed by atoms with Crippen LogP contribution in [0.5, 0.6) is 0 Å². The molecule has 1 aromatic carbocycles. The van der Waals surface area contributed by atoms with Crippen molar-refractivity contribution < 1.29 is 8.78 Å². The summed E-state index contributed by atoms with van der Waals surface area (Å²) in [7, 11) is 0. The van der Waals surface area contributed by atoms with E-state index in [4.69, 9.17) is 0 Å². The zero-order chi connectivity index (χ0) is 13.0. The third-order valence-corrected chi connectivity index (χ3v) is 2.84. The van der Waals surface area contributed by atoms with Crippen LogP contribution in [0.25, 0.3) is 0 Å². The van der Waals surface area contributed by atoms with Crippen molar-refractivity contribution in [2.75, 3.05) is 0 Å². The molecule has 18 heavy (non-hydrogen) atoms. The summed E-state index contributed by atoms with van der Waals surface area (Å²) < 4.78 is 26.6. The molecule has 0 amide bonds. The highest BCUT2D eigenvalue weighted by atomic mass is 79.9. The third-order valence-electron chi connectivity index (χ3n) is 2.40. The van der Waals surface area contributed by atoms with Gasteiger partial charge >= 0.3 is 0 Å². The minimum atomic E-state index is -0.824. The summed E-state index contributed by atoms with van der Waals surface area (Å²) in [4.78, 5) is 4.04. The summed E-state index contributed by atoms with van der Waals surface area (Å²) in [5.74, 6) is -1.65. The molecule has 0 aliphatic carbocycles. The number of benzene rings is 1. The van der Waals surface area contributed by atoms with Crippen molar-refractivity contribution in [1.29, 1.82) is 0 Å². The molecule has 0 radical (unpaired) electrons. The Hall–Kier alpha value is -1.33. The SMILES string of the molecule is Fc1ccc(CNCc2cncc(Br)c2)cc1F. The Labute approximate surface area is 112 Å². The molecule has 0 aliphatic heterocycles. The van der Waals surface area contributed by atoms with Gasteiger partial charge in [-0.3, -0.25) is 4.98 Å². The number of hydrogen-bond donors (Lipinski definition) is 1. The van der Waals surface area contributed by atoms with E-state index in [1.54, 1.807) is 18.5 Å². The van der Waals surface area contributed by atoms with Crippen LogP contribution in [0.3, 0.4) is 0 Å². The van der Waals surface area contributed by atoms with E-state index in [0.717, 1.165) is 16.1 Å². The highest BCUT2D eigenvalue weighted by Crippen LogP contribution is 2.10. The molecule has 0 fully saturated rings. The number of aromatic nitrogens is 1. The molecule has 0 saturated carbocycles. The van der Waals surface area contributed by atoms with E-state index in [-0.39, 0.29) is 0 Å². The third kappa shape index (κ3) is 3.58. The maximum absolute atomic E-state index is 13.0. The molecule has 1 heterocycles. The Balaban J connectivity index is 1.90. The monoisotopic (exact) mass is 312 g/mol. The predicted molar refractivity (Wildman–Crippen MR) is 68.8 cm³/mol. The van der Waals surface area contributed by atoms with Gasteiger partial charge in [0.05, 0.1) is 0 Å². The van der Waals surface area contributed by atoms with E-state index in [1.807, 2.05) is 6.07 Å². The predicted octanol–water partition coefficient (Wildman–Crippen LogP) is 3.41. The molecule has 0 bridgehead atoms. The van der Waals surface area contributed by atoms with Gasteiger partial charge in [-0.1, -0.05) is 6.07 Å². The van der Waals surface area contributed by atoms with Crippen molar-refractivity contribution >= 4 is 15.9 Å². The molecule has 0 unspecified atom stereocenters. The van der Waals surface area contributed by atoms with Crippen LogP contribution in [0.2, 0.25) is 0 Å². The van der Waals surface area contributed by atoms with Gasteiger partial charge in [0.25, 0.3) is 0 Å². The van der Waals surface area contributed by atoms with Gasteiger partial charge in [-0.2, -0.15) is 0 Å². The number of hydrogen-bond acceptors (Lipinski definition) is 2. The van der Waals surface area contributed by atoms with Crippen LogP contribution in [0.15, 0.2) is 41.1 Å². The van der Waals surface area contributed by atoms with Crippen molar-refractivity contribution in [1.82, 2.24) is 10.3 Å². The molecule has 94 valence electrons. The Bertz CT molecular complexity index is 546. The Morgan fingerprint density at radius 1 is 1.00 bits per heavy atom. The molecule has 0 spiro atoms. The smallest absolute Gasteiger partial charge is 0.159 e.